The number of amides is 2. The molecule has 5 nitrogen and oxygen atoms in total. The molecule has 1 aliphatic heterocycles. The molecule has 0 aromatic heterocycles. The Kier molecular flexibility index (Phi) is 5.33. The first-order valence-electron chi connectivity index (χ1n) is 10.1. The molecule has 2 amide bonds. The Morgan fingerprint density at radius 3 is 2.11 bits per heavy atom. The molecule has 2 fully saturated rings. The topological polar surface area (TPSA) is 61.4 Å². The van der Waals surface area contributed by atoms with Gasteiger partial charge in [0, 0.05) is 36.4 Å². The third-order valence-corrected chi connectivity index (χ3v) is 5.55. The monoisotopic (exact) mass is 377 g/mol. The predicted octanol–water partition coefficient (Wildman–Crippen LogP) is 3.29. The molecule has 0 radical (unpaired) electrons. The fourth-order valence-corrected chi connectivity index (χ4v) is 3.67. The van der Waals surface area contributed by atoms with Crippen molar-refractivity contribution in [1.29, 1.82) is 0 Å². The summed E-state index contributed by atoms with van der Waals surface area (Å²) in [7, 11) is 0. The minimum Gasteiger partial charge on any atom is -0.371 e. The van der Waals surface area contributed by atoms with Crippen molar-refractivity contribution in [2.45, 2.75) is 44.7 Å². The fourth-order valence-electron chi connectivity index (χ4n) is 3.67. The van der Waals surface area contributed by atoms with Crippen molar-refractivity contribution in [1.82, 2.24) is 10.6 Å². The lowest BCUT2D eigenvalue weighted by molar-refractivity contribution is 0.0929. The van der Waals surface area contributed by atoms with Gasteiger partial charge in [-0.2, -0.15) is 0 Å². The van der Waals surface area contributed by atoms with E-state index in [1.54, 1.807) is 0 Å². The summed E-state index contributed by atoms with van der Waals surface area (Å²) in [6.45, 7) is 3.67. The van der Waals surface area contributed by atoms with E-state index in [0.717, 1.165) is 55.6 Å². The molecule has 1 saturated carbocycles. The molecule has 2 N–H and O–H groups in total. The van der Waals surface area contributed by atoms with Crippen LogP contribution in [-0.4, -0.2) is 37.0 Å². The molecule has 1 saturated heterocycles. The van der Waals surface area contributed by atoms with Gasteiger partial charge in [0.1, 0.15) is 0 Å². The number of hydrogen-bond donors (Lipinski definition) is 2. The molecule has 0 unspecified atom stereocenters. The van der Waals surface area contributed by atoms with Crippen LogP contribution in [0.3, 0.4) is 0 Å². The molecule has 4 rings (SSSR count). The molecule has 2 aromatic rings. The van der Waals surface area contributed by atoms with Crippen LogP contribution in [0.5, 0.6) is 0 Å². The van der Waals surface area contributed by atoms with Crippen LogP contribution in [-0.2, 0) is 0 Å². The third kappa shape index (κ3) is 4.35. The average molecular weight is 377 g/mol. The van der Waals surface area contributed by atoms with Gasteiger partial charge in [0.2, 0.25) is 0 Å². The lowest BCUT2D eigenvalue weighted by atomic mass is 10.0. The summed E-state index contributed by atoms with van der Waals surface area (Å²) in [6.07, 6.45) is 3.91. The minimum absolute atomic E-state index is 0.0114. The maximum atomic E-state index is 12.6. The molecule has 0 bridgehead atoms. The Labute approximate surface area is 166 Å². The number of para-hydroxylation sites is 1. The Morgan fingerprint density at radius 2 is 1.43 bits per heavy atom. The van der Waals surface area contributed by atoms with Crippen LogP contribution in [0.1, 0.15) is 52.0 Å². The van der Waals surface area contributed by atoms with E-state index in [2.05, 4.69) is 15.5 Å². The summed E-state index contributed by atoms with van der Waals surface area (Å²) < 4.78 is 0. The van der Waals surface area contributed by atoms with Gasteiger partial charge in [-0.25, -0.2) is 0 Å². The van der Waals surface area contributed by atoms with Crippen LogP contribution >= 0.6 is 0 Å². The molecule has 2 aliphatic rings. The van der Waals surface area contributed by atoms with Gasteiger partial charge in [-0.1, -0.05) is 29.8 Å². The normalized spacial score (nSPS) is 17.2. The lowest BCUT2D eigenvalue weighted by Gasteiger charge is -2.35. The summed E-state index contributed by atoms with van der Waals surface area (Å²) in [5.74, 6) is 0.00978. The highest BCUT2D eigenvalue weighted by Crippen LogP contribution is 2.26. The molecule has 2 aromatic carbocycles. The quantitative estimate of drug-likeness (QED) is 0.841. The maximum absolute atomic E-state index is 12.6. The van der Waals surface area contributed by atoms with Crippen LogP contribution in [0.25, 0.3) is 0 Å². The highest BCUT2D eigenvalue weighted by Gasteiger charge is 2.27. The van der Waals surface area contributed by atoms with Crippen molar-refractivity contribution >= 4 is 17.5 Å². The zero-order valence-electron chi connectivity index (χ0n) is 16.3. The van der Waals surface area contributed by atoms with E-state index in [1.807, 2.05) is 55.5 Å². The highest BCUT2D eigenvalue weighted by atomic mass is 16.2. The Morgan fingerprint density at radius 1 is 0.821 bits per heavy atom. The molecule has 0 spiro atoms. The Bertz CT molecular complexity index is 850. The standard InChI is InChI=1S/C23H27N3O2/c1-16-6-8-17(9-7-16)22(27)24-19-12-14-26(15-13-19)21-5-3-2-4-20(21)23(28)25-18-10-11-18/h2-9,18-19H,10-15H2,1H3,(H,24,27)(H,25,28). The third-order valence-electron chi connectivity index (χ3n) is 5.55. The van der Waals surface area contributed by atoms with Gasteiger partial charge in [0.15, 0.2) is 0 Å². The van der Waals surface area contributed by atoms with Crippen molar-refractivity contribution in [3.05, 3.63) is 65.2 Å². The van der Waals surface area contributed by atoms with E-state index < -0.39 is 0 Å². The second-order valence-electron chi connectivity index (χ2n) is 7.87. The molecule has 0 atom stereocenters. The number of nitrogens with zero attached hydrogens (tertiary/aromatic N) is 1. The van der Waals surface area contributed by atoms with Gasteiger partial charge in [-0.05, 0) is 56.9 Å². The summed E-state index contributed by atoms with van der Waals surface area (Å²) in [4.78, 5) is 27.3. The number of nitrogens with one attached hydrogen (secondary N) is 2. The van der Waals surface area contributed by atoms with Gasteiger partial charge in [0.05, 0.1) is 5.56 Å². The molecule has 146 valence electrons. The Balaban J connectivity index is 1.36. The summed E-state index contributed by atoms with van der Waals surface area (Å²) in [6, 6.07) is 16.0. The van der Waals surface area contributed by atoms with Gasteiger partial charge in [-0.15, -0.1) is 0 Å². The number of carbonyl (C=O) groups excluding carboxylic acids is 2. The van der Waals surface area contributed by atoms with E-state index in [-0.39, 0.29) is 17.9 Å². The van der Waals surface area contributed by atoms with Crippen LogP contribution in [0, 0.1) is 6.92 Å². The number of benzene rings is 2. The van der Waals surface area contributed by atoms with Gasteiger partial charge >= 0.3 is 0 Å². The van der Waals surface area contributed by atoms with Crippen molar-refractivity contribution in [3.63, 3.8) is 0 Å². The summed E-state index contributed by atoms with van der Waals surface area (Å²) >= 11 is 0. The number of hydrogen-bond acceptors (Lipinski definition) is 3. The van der Waals surface area contributed by atoms with E-state index in [0.29, 0.717) is 11.6 Å². The van der Waals surface area contributed by atoms with E-state index in [9.17, 15) is 9.59 Å². The number of carbonyl (C=O) groups is 2. The first-order valence-corrected chi connectivity index (χ1v) is 10.1. The second kappa shape index (κ2) is 8.05. The molecular formula is C23H27N3O2. The zero-order chi connectivity index (χ0) is 19.5. The largest absolute Gasteiger partial charge is 0.371 e. The van der Waals surface area contributed by atoms with Gasteiger partial charge in [-0.3, -0.25) is 9.59 Å². The minimum atomic E-state index is -0.0114. The van der Waals surface area contributed by atoms with Crippen molar-refractivity contribution < 1.29 is 9.59 Å². The summed E-state index contributed by atoms with van der Waals surface area (Å²) in [5, 5.41) is 6.24. The molecule has 1 heterocycles. The second-order valence-corrected chi connectivity index (χ2v) is 7.87. The van der Waals surface area contributed by atoms with E-state index in [4.69, 9.17) is 0 Å². The van der Waals surface area contributed by atoms with Crippen LogP contribution in [0.2, 0.25) is 0 Å². The molecular weight excluding hydrogens is 350 g/mol. The maximum Gasteiger partial charge on any atom is 0.253 e. The Hall–Kier alpha value is -2.82. The summed E-state index contributed by atoms with van der Waals surface area (Å²) in [5.41, 5.74) is 3.59. The lowest BCUT2D eigenvalue weighted by Crippen LogP contribution is -2.45. The number of anilines is 1. The van der Waals surface area contributed by atoms with Crippen molar-refractivity contribution in [3.8, 4) is 0 Å². The van der Waals surface area contributed by atoms with Crippen LogP contribution < -0.4 is 15.5 Å². The first-order chi connectivity index (χ1) is 13.6. The molecule has 1 aliphatic carbocycles. The average Bonchev–Trinajstić information content (AvgIpc) is 3.53. The molecule has 28 heavy (non-hydrogen) atoms. The number of rotatable bonds is 5. The van der Waals surface area contributed by atoms with Gasteiger partial charge in [0.25, 0.3) is 11.8 Å². The van der Waals surface area contributed by atoms with Crippen LogP contribution in [0.15, 0.2) is 48.5 Å². The van der Waals surface area contributed by atoms with Gasteiger partial charge < -0.3 is 15.5 Å². The van der Waals surface area contributed by atoms with Crippen LogP contribution in [0.4, 0.5) is 5.69 Å². The van der Waals surface area contributed by atoms with E-state index >= 15 is 0 Å². The van der Waals surface area contributed by atoms with Crippen molar-refractivity contribution in [2.75, 3.05) is 18.0 Å². The molecule has 5 heteroatoms. The highest BCUT2D eigenvalue weighted by molar-refractivity contribution is 6.00. The van der Waals surface area contributed by atoms with Crippen molar-refractivity contribution in [2.24, 2.45) is 0 Å². The first kappa shape index (κ1) is 18.5. The zero-order valence-corrected chi connectivity index (χ0v) is 16.3. The fraction of sp³-hybridized carbons (Fsp3) is 0.391. The predicted molar refractivity (Wildman–Crippen MR) is 111 cm³/mol. The number of piperidine rings is 1. The smallest absolute Gasteiger partial charge is 0.253 e. The van der Waals surface area contributed by atoms with E-state index in [1.165, 1.54) is 0 Å². The number of aryl methyl sites for hydroxylation is 1. The SMILES string of the molecule is Cc1ccc(C(=O)NC2CCN(c3ccccc3C(=O)NC3CC3)CC2)cc1.